The van der Waals surface area contributed by atoms with E-state index in [0.717, 1.165) is 12.8 Å². The van der Waals surface area contributed by atoms with Crippen molar-refractivity contribution < 1.29 is 19.0 Å². The zero-order chi connectivity index (χ0) is 15.1. The van der Waals surface area contributed by atoms with Gasteiger partial charge >= 0.3 is 0 Å². The number of aliphatic hydroxyl groups excluding tert-OH is 1. The van der Waals surface area contributed by atoms with Gasteiger partial charge in [0.25, 0.3) is 0 Å². The Labute approximate surface area is 123 Å². The SMILES string of the molecule is O=C(CC1CCCO1)Nc1ccc(C#CCCO)cc1F. The van der Waals surface area contributed by atoms with E-state index >= 15 is 0 Å². The molecule has 1 aliphatic heterocycles. The van der Waals surface area contributed by atoms with Gasteiger partial charge in [0.1, 0.15) is 5.82 Å². The van der Waals surface area contributed by atoms with Crippen molar-refractivity contribution in [3.8, 4) is 11.8 Å². The van der Waals surface area contributed by atoms with Crippen LogP contribution in [-0.4, -0.2) is 30.3 Å². The summed E-state index contributed by atoms with van der Waals surface area (Å²) in [5, 5.41) is 11.2. The van der Waals surface area contributed by atoms with Gasteiger partial charge in [-0.2, -0.15) is 0 Å². The van der Waals surface area contributed by atoms with Gasteiger partial charge in [0, 0.05) is 18.6 Å². The summed E-state index contributed by atoms with van der Waals surface area (Å²) in [5.41, 5.74) is 0.656. The lowest BCUT2D eigenvalue weighted by atomic mass is 10.1. The summed E-state index contributed by atoms with van der Waals surface area (Å²) in [6, 6.07) is 4.40. The smallest absolute Gasteiger partial charge is 0.227 e. The van der Waals surface area contributed by atoms with E-state index in [9.17, 15) is 9.18 Å². The summed E-state index contributed by atoms with van der Waals surface area (Å²) in [4.78, 5) is 11.8. The molecule has 0 aromatic heterocycles. The fraction of sp³-hybridized carbons (Fsp3) is 0.438. The number of carbonyl (C=O) groups is 1. The third-order valence-electron chi connectivity index (χ3n) is 3.15. The first kappa shape index (κ1) is 15.5. The quantitative estimate of drug-likeness (QED) is 0.835. The van der Waals surface area contributed by atoms with Crippen LogP contribution in [0.5, 0.6) is 0 Å². The number of ether oxygens (including phenoxy) is 1. The number of halogens is 1. The Balaban J connectivity index is 1.94. The summed E-state index contributed by atoms with van der Waals surface area (Å²) in [7, 11) is 0. The molecule has 112 valence electrons. The number of benzene rings is 1. The van der Waals surface area contributed by atoms with E-state index in [1.54, 1.807) is 6.07 Å². The molecular formula is C16H18FNO3. The fourth-order valence-corrected chi connectivity index (χ4v) is 2.13. The van der Waals surface area contributed by atoms with E-state index in [1.165, 1.54) is 12.1 Å². The molecule has 2 N–H and O–H groups in total. The van der Waals surface area contributed by atoms with E-state index in [1.807, 2.05) is 0 Å². The highest BCUT2D eigenvalue weighted by atomic mass is 19.1. The number of hydrogen-bond donors (Lipinski definition) is 2. The van der Waals surface area contributed by atoms with Crippen molar-refractivity contribution in [3.05, 3.63) is 29.6 Å². The molecule has 1 saturated heterocycles. The predicted molar refractivity (Wildman–Crippen MR) is 77.2 cm³/mol. The maximum absolute atomic E-state index is 13.9. The van der Waals surface area contributed by atoms with E-state index in [2.05, 4.69) is 17.2 Å². The number of hydrogen-bond acceptors (Lipinski definition) is 3. The van der Waals surface area contributed by atoms with Crippen LogP contribution in [0.2, 0.25) is 0 Å². The van der Waals surface area contributed by atoms with Crippen LogP contribution >= 0.6 is 0 Å². The molecule has 1 aromatic rings. The second kappa shape index (κ2) is 7.77. The number of carbonyl (C=O) groups excluding carboxylic acids is 1. The summed E-state index contributed by atoms with van der Waals surface area (Å²) in [6.07, 6.45) is 2.37. The minimum Gasteiger partial charge on any atom is -0.395 e. The Hall–Kier alpha value is -1.90. The number of aliphatic hydroxyl groups is 1. The van der Waals surface area contributed by atoms with Crippen LogP contribution in [0.15, 0.2) is 18.2 Å². The molecule has 4 nitrogen and oxygen atoms in total. The lowest BCUT2D eigenvalue weighted by Gasteiger charge is -2.10. The minimum atomic E-state index is -0.522. The van der Waals surface area contributed by atoms with Crippen molar-refractivity contribution in [3.63, 3.8) is 0 Å². The summed E-state index contributed by atoms with van der Waals surface area (Å²) in [6.45, 7) is 0.667. The molecule has 1 amide bonds. The molecule has 1 aliphatic rings. The Morgan fingerprint density at radius 1 is 1.52 bits per heavy atom. The summed E-state index contributed by atoms with van der Waals surface area (Å²) < 4.78 is 19.2. The number of anilines is 1. The first-order valence-electron chi connectivity index (χ1n) is 7.00. The molecule has 5 heteroatoms. The third kappa shape index (κ3) is 4.85. The number of rotatable bonds is 4. The zero-order valence-electron chi connectivity index (χ0n) is 11.7. The van der Waals surface area contributed by atoms with Crippen molar-refractivity contribution in [2.45, 2.75) is 31.8 Å². The first-order chi connectivity index (χ1) is 10.2. The molecule has 0 aliphatic carbocycles. The first-order valence-corrected chi connectivity index (χ1v) is 7.00. The Bertz CT molecular complexity index is 556. The standard InChI is InChI=1S/C16H18FNO3/c17-14-10-12(4-1-2-8-19)6-7-15(14)18-16(20)11-13-5-3-9-21-13/h6-7,10,13,19H,2-3,5,8-9,11H2,(H,18,20). The molecule has 21 heavy (non-hydrogen) atoms. The van der Waals surface area contributed by atoms with Crippen LogP contribution in [0.3, 0.4) is 0 Å². The molecule has 1 heterocycles. The van der Waals surface area contributed by atoms with Crippen LogP contribution in [0, 0.1) is 17.7 Å². The van der Waals surface area contributed by atoms with Crippen molar-refractivity contribution >= 4 is 11.6 Å². The van der Waals surface area contributed by atoms with Gasteiger partial charge in [0.05, 0.1) is 24.8 Å². The molecule has 1 fully saturated rings. The van der Waals surface area contributed by atoms with Crippen LogP contribution in [0.1, 0.15) is 31.2 Å². The number of amides is 1. The molecule has 1 unspecified atom stereocenters. The van der Waals surface area contributed by atoms with Gasteiger partial charge in [-0.15, -0.1) is 0 Å². The van der Waals surface area contributed by atoms with Gasteiger partial charge in [0.2, 0.25) is 5.91 Å². The van der Waals surface area contributed by atoms with Crippen molar-refractivity contribution in [2.75, 3.05) is 18.5 Å². The van der Waals surface area contributed by atoms with Crippen LogP contribution in [0.25, 0.3) is 0 Å². The van der Waals surface area contributed by atoms with Gasteiger partial charge in [-0.25, -0.2) is 4.39 Å². The van der Waals surface area contributed by atoms with E-state index < -0.39 is 5.82 Å². The maximum atomic E-state index is 13.9. The molecule has 0 bridgehead atoms. The maximum Gasteiger partial charge on any atom is 0.227 e. The second-order valence-electron chi connectivity index (χ2n) is 4.86. The van der Waals surface area contributed by atoms with E-state index in [0.29, 0.717) is 18.6 Å². The van der Waals surface area contributed by atoms with E-state index in [4.69, 9.17) is 9.84 Å². The lowest BCUT2D eigenvalue weighted by Crippen LogP contribution is -2.19. The lowest BCUT2D eigenvalue weighted by molar-refractivity contribution is -0.118. The third-order valence-corrected chi connectivity index (χ3v) is 3.15. The zero-order valence-corrected chi connectivity index (χ0v) is 11.7. The van der Waals surface area contributed by atoms with Crippen molar-refractivity contribution in [1.29, 1.82) is 0 Å². The number of nitrogens with one attached hydrogen (secondary N) is 1. The highest BCUT2D eigenvalue weighted by molar-refractivity contribution is 5.91. The molecular weight excluding hydrogens is 273 g/mol. The topological polar surface area (TPSA) is 58.6 Å². The highest BCUT2D eigenvalue weighted by Gasteiger charge is 2.19. The molecule has 1 aromatic carbocycles. The molecule has 1 atom stereocenters. The predicted octanol–water partition coefficient (Wildman–Crippen LogP) is 2.07. The van der Waals surface area contributed by atoms with Gasteiger partial charge < -0.3 is 15.2 Å². The minimum absolute atomic E-state index is 0.0210. The van der Waals surface area contributed by atoms with Crippen molar-refractivity contribution in [1.82, 2.24) is 0 Å². The molecule has 0 spiro atoms. The molecule has 0 radical (unpaired) electrons. The second-order valence-corrected chi connectivity index (χ2v) is 4.86. The summed E-state index contributed by atoms with van der Waals surface area (Å²) in [5.74, 6) is 4.69. The average molecular weight is 291 g/mol. The highest BCUT2D eigenvalue weighted by Crippen LogP contribution is 2.18. The largest absolute Gasteiger partial charge is 0.395 e. The van der Waals surface area contributed by atoms with Crippen LogP contribution in [-0.2, 0) is 9.53 Å². The van der Waals surface area contributed by atoms with Gasteiger partial charge in [-0.1, -0.05) is 11.8 Å². The summed E-state index contributed by atoms with van der Waals surface area (Å²) >= 11 is 0. The molecule has 0 saturated carbocycles. The monoisotopic (exact) mass is 291 g/mol. The van der Waals surface area contributed by atoms with E-state index in [-0.39, 0.29) is 30.7 Å². The van der Waals surface area contributed by atoms with Crippen molar-refractivity contribution in [2.24, 2.45) is 0 Å². The normalized spacial score (nSPS) is 17.1. The van der Waals surface area contributed by atoms with Gasteiger partial charge in [-0.05, 0) is 31.0 Å². The van der Waals surface area contributed by atoms with Crippen LogP contribution in [0.4, 0.5) is 10.1 Å². The Morgan fingerprint density at radius 3 is 3.05 bits per heavy atom. The average Bonchev–Trinajstić information content (AvgIpc) is 2.95. The Kier molecular flexibility index (Phi) is 5.73. The van der Waals surface area contributed by atoms with Gasteiger partial charge in [-0.3, -0.25) is 4.79 Å². The van der Waals surface area contributed by atoms with Gasteiger partial charge in [0.15, 0.2) is 0 Å². The van der Waals surface area contributed by atoms with Crippen LogP contribution < -0.4 is 5.32 Å². The fourth-order valence-electron chi connectivity index (χ4n) is 2.13. The molecule has 2 rings (SSSR count). The Morgan fingerprint density at radius 2 is 2.38 bits per heavy atom.